The molecule has 5 saturated heterocycles. The molecule has 0 saturated carbocycles. The van der Waals surface area contributed by atoms with E-state index in [0.29, 0.717) is 107 Å². The molecule has 9 aliphatic heterocycles. The molecule has 0 bridgehead atoms. The lowest BCUT2D eigenvalue weighted by Gasteiger charge is -2.36. The zero-order chi connectivity index (χ0) is 112. The van der Waals surface area contributed by atoms with Gasteiger partial charge < -0.3 is 92.7 Å². The number of hydrogen-bond acceptors (Lipinski definition) is 32. The van der Waals surface area contributed by atoms with E-state index in [9.17, 15) is 113 Å². The number of rotatable bonds is 16. The second-order valence-electron chi connectivity index (χ2n) is 31.8. The van der Waals surface area contributed by atoms with Gasteiger partial charge in [0.2, 0.25) is 0 Å². The summed E-state index contributed by atoms with van der Waals surface area (Å²) in [5.74, 6) is -7.69. The number of fused-ring (bicyclic) bond motifs is 6. The lowest BCUT2D eigenvalue weighted by Crippen LogP contribution is -2.50. The number of aliphatic carboxylic acids is 3. The highest BCUT2D eigenvalue weighted by atomic mass is 35.5. The number of amides is 7. The Morgan fingerprint density at radius 2 is 0.780 bits per heavy atom. The van der Waals surface area contributed by atoms with Crippen LogP contribution >= 0.6 is 34.3 Å². The second kappa shape index (κ2) is 64.9. The summed E-state index contributed by atoms with van der Waals surface area (Å²) in [5, 5.41) is 77.5. The molecule has 16 rings (SSSR count). The zero-order valence-corrected chi connectivity index (χ0v) is 89.8. The summed E-state index contributed by atoms with van der Waals surface area (Å²) in [6, 6.07) is 18.1. The number of carboxylic acid groups (broad SMARTS) is 3. The van der Waals surface area contributed by atoms with Crippen LogP contribution in [-0.2, 0) is 109 Å². The van der Waals surface area contributed by atoms with Gasteiger partial charge in [0, 0.05) is 132 Å². The number of methoxy groups -OCH3 is 5. The summed E-state index contributed by atoms with van der Waals surface area (Å²) in [5.41, 5.74) is 6.44. The van der Waals surface area contributed by atoms with E-state index in [2.05, 4.69) is 27.6 Å². The van der Waals surface area contributed by atoms with E-state index < -0.39 is 114 Å². The first-order valence-electron chi connectivity index (χ1n) is 49.2. The van der Waals surface area contributed by atoms with Gasteiger partial charge in [-0.3, -0.25) is 78.8 Å². The third-order valence-electron chi connectivity index (χ3n) is 23.5. The number of terminal acetylenes is 1. The maximum atomic E-state index is 13.3. The maximum absolute atomic E-state index is 13.3. The molecule has 0 spiro atoms. The lowest BCUT2D eigenvalue weighted by atomic mass is 9.91. The predicted octanol–water partition coefficient (Wildman–Crippen LogP) is 14.1. The number of aromatic nitrogens is 1. The van der Waals surface area contributed by atoms with Gasteiger partial charge in [0.1, 0.15) is 11.7 Å². The Bertz CT molecular complexity index is 5820. The first kappa shape index (κ1) is 127. The maximum Gasteiger partial charge on any atom is 0.394 e. The zero-order valence-electron chi connectivity index (χ0n) is 87.4. The summed E-state index contributed by atoms with van der Waals surface area (Å²) < 4.78 is 36.5. The molecule has 3 atom stereocenters. The summed E-state index contributed by atoms with van der Waals surface area (Å²) in [6.07, 6.45) is 16.1. The van der Waals surface area contributed by atoms with Gasteiger partial charge in [-0.15, -0.1) is 29.1 Å². The number of nitrogens with zero attached hydrogens (tertiary/aromatic N) is 12. The van der Waals surface area contributed by atoms with Crippen molar-refractivity contribution in [3.05, 3.63) is 180 Å². The molecule has 0 aliphatic carbocycles. The summed E-state index contributed by atoms with van der Waals surface area (Å²) in [4.78, 5) is 216. The van der Waals surface area contributed by atoms with Gasteiger partial charge >= 0.3 is 99.3 Å². The number of hydrogen-bond donors (Lipinski definition) is 4. The lowest BCUT2D eigenvalue weighted by molar-refractivity contribution is -0.386. The van der Waals surface area contributed by atoms with E-state index in [-0.39, 0.29) is 95.5 Å². The van der Waals surface area contributed by atoms with Gasteiger partial charge in [0.05, 0.1) is 79.0 Å². The predicted molar refractivity (Wildman–Crippen MR) is 556 cm³/mol. The molecule has 0 radical (unpaired) electrons. The highest BCUT2D eigenvalue weighted by molar-refractivity contribution is 7.13. The largest absolute Gasteiger partial charge is 0.490 e. The Labute approximate surface area is 882 Å². The number of ether oxygens (including phenoxy) is 7. The van der Waals surface area contributed by atoms with Crippen molar-refractivity contribution in [3.8, 4) is 57.0 Å². The Balaban J connectivity index is 0.000000369. The van der Waals surface area contributed by atoms with Crippen molar-refractivity contribution in [2.24, 2.45) is 0 Å². The normalized spacial score (nSPS) is 15.4. The summed E-state index contributed by atoms with van der Waals surface area (Å²) in [6.45, 7) is 31.0. The minimum atomic E-state index is -1.46. The number of nitrogens with one attached hydrogen (secondary N) is 1. The van der Waals surface area contributed by atoms with E-state index in [1.54, 1.807) is 54.7 Å². The van der Waals surface area contributed by atoms with Crippen molar-refractivity contribution in [3.63, 3.8) is 0 Å². The van der Waals surface area contributed by atoms with Crippen LogP contribution in [0.3, 0.4) is 0 Å². The van der Waals surface area contributed by atoms with Gasteiger partial charge in [-0.25, -0.2) is 28.8 Å². The quantitative estimate of drug-likeness (QED) is 0.0133. The molecular formula is C102H134ClN13O32S2. The molecule has 48 heteroatoms. The number of nitro groups is 4. The van der Waals surface area contributed by atoms with Crippen molar-refractivity contribution in [2.75, 3.05) is 134 Å². The van der Waals surface area contributed by atoms with E-state index >= 15 is 0 Å². The highest BCUT2D eigenvalue weighted by Crippen LogP contribution is 2.47. The molecule has 7 amide bonds. The molecule has 3 unspecified atom stereocenters. The van der Waals surface area contributed by atoms with Crippen LogP contribution in [0.5, 0.6) is 23.0 Å². The van der Waals surface area contributed by atoms with Crippen molar-refractivity contribution < 1.29 is 135 Å². The van der Waals surface area contributed by atoms with Crippen LogP contribution in [0.1, 0.15) is 220 Å². The number of thiophene rings is 2. The summed E-state index contributed by atoms with van der Waals surface area (Å²) >= 11 is 7.80. The number of carbonyl (C=O) groups excluding carboxylic acids is 11. The van der Waals surface area contributed by atoms with Crippen molar-refractivity contribution in [1.82, 2.24) is 44.2 Å². The van der Waals surface area contributed by atoms with E-state index in [4.69, 9.17) is 45.1 Å². The molecule has 7 aromatic rings. The van der Waals surface area contributed by atoms with Crippen LogP contribution in [0.25, 0.3) is 21.7 Å². The van der Waals surface area contributed by atoms with Crippen molar-refractivity contribution in [2.45, 2.75) is 198 Å². The molecule has 5 fully saturated rings. The van der Waals surface area contributed by atoms with Crippen LogP contribution in [0.4, 0.5) is 22.7 Å². The number of nitro benzene ring substituents is 4. The van der Waals surface area contributed by atoms with Crippen LogP contribution in [0.15, 0.2) is 89.6 Å². The first-order chi connectivity index (χ1) is 71.9. The molecule has 818 valence electrons. The number of carboxylic acids is 3. The van der Waals surface area contributed by atoms with Crippen molar-refractivity contribution >= 4 is 139 Å². The Morgan fingerprint density at radius 1 is 0.427 bits per heavy atom. The first-order valence-corrected chi connectivity index (χ1v) is 51.4. The van der Waals surface area contributed by atoms with Crippen molar-refractivity contribution in [1.29, 1.82) is 0 Å². The Morgan fingerprint density at radius 3 is 1.12 bits per heavy atom. The average molecular weight is 2150 g/mol. The fourth-order valence-corrected chi connectivity index (χ4v) is 18.2. The molecule has 3 aromatic heterocycles. The van der Waals surface area contributed by atoms with E-state index in [1.165, 1.54) is 72.3 Å². The number of carbonyl (C=O) groups is 14. The van der Waals surface area contributed by atoms with E-state index in [0.717, 1.165) is 138 Å². The Hall–Kier alpha value is -15.1. The monoisotopic (exact) mass is 2150 g/mol. The van der Waals surface area contributed by atoms with E-state index in [1.807, 2.05) is 120 Å². The molecule has 150 heavy (non-hydrogen) atoms. The Kier molecular flexibility index (Phi) is 55.1. The number of esters is 3. The van der Waals surface area contributed by atoms with Gasteiger partial charge in [-0.1, -0.05) is 87.3 Å². The van der Waals surface area contributed by atoms with Gasteiger partial charge in [0.25, 0.3) is 5.91 Å². The number of likely N-dealkylation sites (tertiary alicyclic amines) is 5. The smallest absolute Gasteiger partial charge is 0.394 e. The van der Waals surface area contributed by atoms with Gasteiger partial charge in [-0.05, 0) is 208 Å². The standard InChI is InChI=1S/C22H21N3O4S.C19H23N3O7.C17H19N3O7.C13H16N2O5.2C6H9NO3.C6H4S.C3H3ClO3.5C2H6/c1-29-19-11-14-6-9-24-18(22(26)23-7-2-3-8-23)13-16(20-5-4-10-30-20)21(24)15(14)12-17(19)25(27)28;1-3-29-19(25)16-13-11-14(22(26)27)15(28-2)10-12(13)6-9-21(16)18(24)17(23)20-7-4-5-8-20;1-27-13-8-10-4-7-19(16(22)15(21)18-5-2-3-6-18)14(17(23)24)11(10)9-12(13)20(25)26;1-3-20-13(16)12-9-7-10(15(17)18)11(19-2)6-8(9)4-5-14-12;2*8-5(6(9)10)7-3-1-2-4-7;1-2-6-4-3-5-7-6;1-7-3(6)2(4)5;5*1-2/h4-5,10-13H,2-3,6-9H2,1H3;10-11,16H,3-9H2,1-2H3;8-9,14H,2-7H2,1H3,(H,23,24);6-7,12,14H,3-5H2,1-2H3;2*1-4H2,(H,9,10);1,3-5H;1H3;5*1-2H3. The number of benzene rings is 4. The third-order valence-corrected chi connectivity index (χ3v) is 25.3. The van der Waals surface area contributed by atoms with Gasteiger partial charge in [-0.2, -0.15) is 0 Å². The van der Waals surface area contributed by atoms with Crippen LogP contribution < -0.4 is 24.3 Å². The highest BCUT2D eigenvalue weighted by Gasteiger charge is 2.45. The van der Waals surface area contributed by atoms with Crippen LogP contribution in [0.2, 0.25) is 0 Å². The summed E-state index contributed by atoms with van der Waals surface area (Å²) in [7, 11) is 6.53. The molecular weight excluding hydrogens is 2020 g/mol. The molecule has 4 N–H and O–H groups in total. The van der Waals surface area contributed by atoms with Crippen LogP contribution in [-0.4, -0.2) is 290 Å². The molecule has 9 aliphatic rings. The number of halogens is 1. The minimum Gasteiger partial charge on any atom is -0.490 e. The molecule has 12 heterocycles. The van der Waals surface area contributed by atoms with Crippen LogP contribution in [0, 0.1) is 52.8 Å². The fraction of sp³-hybridized carbons (Fsp3) is 0.490. The molecule has 4 aromatic carbocycles. The third kappa shape index (κ3) is 34.0. The minimum absolute atomic E-state index is 0.0239. The SMILES string of the molecule is C#Cc1cccs1.CC.CC.CC.CC.CC.CCOC(=O)C1NCCc2cc(OC)c([N+](=O)[O-])cc21.CCOC(=O)C1c2cc([N+](=O)[O-])c(OC)cc2CCN1C(=O)C(=O)N1CCCC1.COC(=O)C(=O)Cl.COc1cc2c(cc1[N+](=O)[O-])-c1c(-c3cccs3)cc(C(=O)N3CCCC3)n1CC2.COc1cc2c(cc1[N+](=O)[O-])C(C(=O)O)N(C(=O)C(=O)N1CCCC1)CC2.O=C(O)C(=O)N1CCCC1.O=C(O)C(=O)N1CCCC1. The van der Waals surface area contributed by atoms with Gasteiger partial charge in [0.15, 0.2) is 35.1 Å². The number of aryl methyl sites for hydroxylation is 1. The molecule has 45 nitrogen and oxygen atoms in total. The fourth-order valence-electron chi connectivity index (χ4n) is 16.8. The second-order valence-corrected chi connectivity index (χ2v) is 34.1. The average Bonchev–Trinajstić information content (AvgIpc) is 1.58. The topological polar surface area (TPSA) is 576 Å².